The van der Waals surface area contributed by atoms with Crippen LogP contribution in [0.2, 0.25) is 0 Å². The van der Waals surface area contributed by atoms with Crippen molar-refractivity contribution < 1.29 is 0 Å². The maximum Gasteiger partial charge on any atom is -0.0202 e. The third-order valence-electron chi connectivity index (χ3n) is 2.17. The van der Waals surface area contributed by atoms with Gasteiger partial charge in [0.1, 0.15) is 0 Å². The highest BCUT2D eigenvalue weighted by atomic mass is 31.0. The van der Waals surface area contributed by atoms with Crippen LogP contribution in [0.4, 0.5) is 0 Å². The van der Waals surface area contributed by atoms with Gasteiger partial charge in [-0.1, -0.05) is 26.8 Å². The Morgan fingerprint density at radius 2 is 1.90 bits per heavy atom. The fraction of sp³-hybridized carbons (Fsp3) is 0.778. The highest BCUT2D eigenvalue weighted by molar-refractivity contribution is 7.17. The van der Waals surface area contributed by atoms with E-state index in [1.165, 1.54) is 0 Å². The van der Waals surface area contributed by atoms with Gasteiger partial charge in [0.25, 0.3) is 0 Å². The summed E-state index contributed by atoms with van der Waals surface area (Å²) in [5, 5.41) is 0. The van der Waals surface area contributed by atoms with Gasteiger partial charge in [0.15, 0.2) is 0 Å². The molecule has 0 N–H and O–H groups in total. The van der Waals surface area contributed by atoms with E-state index in [4.69, 9.17) is 0 Å². The van der Waals surface area contributed by atoms with Crippen molar-refractivity contribution in [3.05, 3.63) is 12.7 Å². The van der Waals surface area contributed by atoms with Crippen LogP contribution in [-0.2, 0) is 0 Å². The van der Waals surface area contributed by atoms with Gasteiger partial charge in [-0.3, -0.25) is 0 Å². The van der Waals surface area contributed by atoms with Crippen molar-refractivity contribution in [2.24, 2.45) is 11.8 Å². The molecule has 0 aromatic heterocycles. The molecule has 0 saturated heterocycles. The molecule has 0 saturated carbocycles. The van der Waals surface area contributed by atoms with Gasteiger partial charge in [-0.2, -0.15) is 0 Å². The predicted octanol–water partition coefficient (Wildman–Crippen LogP) is 3.10. The molecule has 0 fully saturated rings. The minimum atomic E-state index is 0.706. The van der Waals surface area contributed by atoms with E-state index in [-0.39, 0.29) is 0 Å². The minimum absolute atomic E-state index is 0.706. The molecular weight excluding hydrogens is 139 g/mol. The largest absolute Gasteiger partial charge is 0.134 e. The van der Waals surface area contributed by atoms with Crippen molar-refractivity contribution in [1.29, 1.82) is 0 Å². The van der Waals surface area contributed by atoms with Crippen molar-refractivity contribution in [2.45, 2.75) is 32.9 Å². The Bertz CT molecular complexity index is 96.9. The Morgan fingerprint density at radius 1 is 1.40 bits per heavy atom. The quantitative estimate of drug-likeness (QED) is 0.435. The summed E-state index contributed by atoms with van der Waals surface area (Å²) < 4.78 is 0. The predicted molar refractivity (Wildman–Crippen MR) is 52.3 cm³/mol. The lowest BCUT2D eigenvalue weighted by atomic mass is 9.93. The molecule has 0 spiro atoms. The Kier molecular flexibility index (Phi) is 4.99. The average molecular weight is 158 g/mol. The van der Waals surface area contributed by atoms with Crippen LogP contribution in [0, 0.1) is 11.8 Å². The average Bonchev–Trinajstić information content (AvgIpc) is 1.87. The maximum absolute atomic E-state index is 3.73. The molecule has 3 unspecified atom stereocenters. The zero-order chi connectivity index (χ0) is 8.15. The standard InChI is InChI=1S/C9H19P/c1-5-6-9(10)8(4)7(2)3/h5,7-9H,1,6,10H2,2-4H3. The maximum atomic E-state index is 3.73. The van der Waals surface area contributed by atoms with E-state index in [2.05, 4.69) is 36.6 Å². The molecule has 0 amide bonds. The first-order valence-electron chi connectivity index (χ1n) is 3.96. The molecule has 0 aliphatic carbocycles. The van der Waals surface area contributed by atoms with Crippen molar-refractivity contribution in [1.82, 2.24) is 0 Å². The fourth-order valence-corrected chi connectivity index (χ4v) is 1.54. The molecule has 3 atom stereocenters. The SMILES string of the molecule is C=CCC(P)C(C)C(C)C. The van der Waals surface area contributed by atoms with E-state index < -0.39 is 0 Å². The van der Waals surface area contributed by atoms with Gasteiger partial charge >= 0.3 is 0 Å². The van der Waals surface area contributed by atoms with Crippen molar-refractivity contribution in [3.8, 4) is 0 Å². The second-order valence-corrected chi connectivity index (χ2v) is 4.15. The Morgan fingerprint density at radius 3 is 2.20 bits per heavy atom. The van der Waals surface area contributed by atoms with Crippen LogP contribution in [0.5, 0.6) is 0 Å². The van der Waals surface area contributed by atoms with E-state index in [9.17, 15) is 0 Å². The lowest BCUT2D eigenvalue weighted by Gasteiger charge is -2.21. The summed E-state index contributed by atoms with van der Waals surface area (Å²) in [6.45, 7) is 10.6. The number of hydrogen-bond donors (Lipinski definition) is 0. The van der Waals surface area contributed by atoms with Gasteiger partial charge in [0.05, 0.1) is 0 Å². The zero-order valence-corrected chi connectivity index (χ0v) is 8.46. The molecule has 0 aromatic rings. The van der Waals surface area contributed by atoms with Gasteiger partial charge in [0.2, 0.25) is 0 Å². The molecule has 0 radical (unpaired) electrons. The molecule has 0 rings (SSSR count). The van der Waals surface area contributed by atoms with Gasteiger partial charge in [-0.25, -0.2) is 0 Å². The van der Waals surface area contributed by atoms with Crippen molar-refractivity contribution >= 4 is 9.24 Å². The summed E-state index contributed by atoms with van der Waals surface area (Å²) in [5.74, 6) is 1.56. The molecule has 0 aromatic carbocycles. The normalized spacial score (nSPS) is 16.9. The first-order chi connectivity index (χ1) is 4.59. The third kappa shape index (κ3) is 3.37. The Balaban J connectivity index is 3.68. The number of hydrogen-bond acceptors (Lipinski definition) is 0. The second kappa shape index (κ2) is 4.91. The van der Waals surface area contributed by atoms with E-state index in [0.29, 0.717) is 5.66 Å². The molecule has 0 bridgehead atoms. The third-order valence-corrected chi connectivity index (χ3v) is 3.05. The van der Waals surface area contributed by atoms with Crippen LogP contribution in [0.15, 0.2) is 12.7 Å². The van der Waals surface area contributed by atoms with Gasteiger partial charge in [-0.15, -0.1) is 15.8 Å². The van der Waals surface area contributed by atoms with Crippen molar-refractivity contribution in [3.63, 3.8) is 0 Å². The molecule has 10 heavy (non-hydrogen) atoms. The topological polar surface area (TPSA) is 0 Å². The molecular formula is C9H19P. The van der Waals surface area contributed by atoms with Crippen LogP contribution in [0.25, 0.3) is 0 Å². The summed E-state index contributed by atoms with van der Waals surface area (Å²) in [6, 6.07) is 0. The van der Waals surface area contributed by atoms with Crippen LogP contribution in [0.3, 0.4) is 0 Å². The Labute approximate surface area is 67.3 Å². The van der Waals surface area contributed by atoms with E-state index in [1.54, 1.807) is 0 Å². The van der Waals surface area contributed by atoms with E-state index >= 15 is 0 Å². The summed E-state index contributed by atoms with van der Waals surface area (Å²) in [4.78, 5) is 0. The molecule has 0 nitrogen and oxygen atoms in total. The fourth-order valence-electron chi connectivity index (χ4n) is 0.901. The summed E-state index contributed by atoms with van der Waals surface area (Å²) in [5.41, 5.74) is 0.706. The smallest absolute Gasteiger partial charge is 0.0202 e. The van der Waals surface area contributed by atoms with Gasteiger partial charge in [-0.05, 0) is 23.9 Å². The first kappa shape index (κ1) is 10.2. The number of rotatable bonds is 4. The second-order valence-electron chi connectivity index (χ2n) is 3.29. The summed E-state index contributed by atoms with van der Waals surface area (Å²) in [7, 11) is 2.89. The zero-order valence-electron chi connectivity index (χ0n) is 7.30. The Hall–Kier alpha value is 0.170. The highest BCUT2D eigenvalue weighted by Crippen LogP contribution is 2.23. The van der Waals surface area contributed by atoms with Gasteiger partial charge in [0, 0.05) is 0 Å². The molecule has 0 aliphatic rings. The van der Waals surface area contributed by atoms with Crippen molar-refractivity contribution in [2.75, 3.05) is 0 Å². The monoisotopic (exact) mass is 158 g/mol. The summed E-state index contributed by atoms with van der Waals surface area (Å²) in [6.07, 6.45) is 3.11. The minimum Gasteiger partial charge on any atom is -0.134 e. The summed E-state index contributed by atoms with van der Waals surface area (Å²) >= 11 is 0. The lowest BCUT2D eigenvalue weighted by Crippen LogP contribution is -2.15. The molecule has 1 heteroatoms. The van der Waals surface area contributed by atoms with E-state index in [1.807, 2.05) is 6.08 Å². The molecule has 0 heterocycles. The molecule has 0 aliphatic heterocycles. The van der Waals surface area contributed by atoms with Crippen LogP contribution in [-0.4, -0.2) is 5.66 Å². The van der Waals surface area contributed by atoms with Crippen LogP contribution in [0.1, 0.15) is 27.2 Å². The van der Waals surface area contributed by atoms with Gasteiger partial charge < -0.3 is 0 Å². The molecule has 60 valence electrons. The first-order valence-corrected chi connectivity index (χ1v) is 4.62. The highest BCUT2D eigenvalue weighted by Gasteiger charge is 2.13. The van der Waals surface area contributed by atoms with Crippen LogP contribution < -0.4 is 0 Å². The number of allylic oxidation sites excluding steroid dienone is 1. The lowest BCUT2D eigenvalue weighted by molar-refractivity contribution is 0.405. The van der Waals surface area contributed by atoms with Crippen LogP contribution >= 0.6 is 9.24 Å². The van der Waals surface area contributed by atoms with E-state index in [0.717, 1.165) is 18.3 Å².